The second-order valence-corrected chi connectivity index (χ2v) is 9.36. The zero-order valence-corrected chi connectivity index (χ0v) is 21.7. The van der Waals surface area contributed by atoms with Crippen LogP contribution in [0.1, 0.15) is 37.9 Å². The van der Waals surface area contributed by atoms with E-state index in [1.165, 1.54) is 18.0 Å². The zero-order valence-electron chi connectivity index (χ0n) is 20.8. The molecule has 35 heavy (non-hydrogen) atoms. The third-order valence-corrected chi connectivity index (χ3v) is 5.41. The maximum Gasteiger partial charge on any atom is 0.408 e. The van der Waals surface area contributed by atoms with Gasteiger partial charge in [0.1, 0.15) is 29.2 Å². The van der Waals surface area contributed by atoms with Crippen molar-refractivity contribution in [1.82, 2.24) is 10.2 Å². The van der Waals surface area contributed by atoms with Crippen molar-refractivity contribution in [2.24, 2.45) is 0 Å². The Balaban J connectivity index is 2.34. The number of carbonyl (C=O) groups excluding carboxylic acids is 3. The van der Waals surface area contributed by atoms with Gasteiger partial charge in [-0.15, -0.1) is 0 Å². The number of rotatable bonds is 8. The summed E-state index contributed by atoms with van der Waals surface area (Å²) in [6, 6.07) is 9.33. The molecule has 2 aromatic rings. The fourth-order valence-electron chi connectivity index (χ4n) is 3.29. The fourth-order valence-corrected chi connectivity index (χ4v) is 3.54. The smallest absolute Gasteiger partial charge is 0.408 e. The van der Waals surface area contributed by atoms with Crippen molar-refractivity contribution in [2.45, 2.75) is 45.4 Å². The Hall–Kier alpha value is -3.40. The van der Waals surface area contributed by atoms with Crippen LogP contribution >= 0.6 is 12.6 Å². The minimum Gasteiger partial charge on any atom is -0.508 e. The van der Waals surface area contributed by atoms with Gasteiger partial charge in [-0.2, -0.15) is 12.6 Å². The van der Waals surface area contributed by atoms with Crippen LogP contribution in [0.15, 0.2) is 42.5 Å². The molecule has 190 valence electrons. The summed E-state index contributed by atoms with van der Waals surface area (Å²) in [5, 5.41) is 15.3. The molecule has 0 aliphatic carbocycles. The van der Waals surface area contributed by atoms with Crippen LogP contribution in [0.2, 0.25) is 0 Å². The van der Waals surface area contributed by atoms with Crippen LogP contribution in [0.25, 0.3) is 0 Å². The molecule has 10 heteroatoms. The Morgan fingerprint density at radius 2 is 1.74 bits per heavy atom. The zero-order chi connectivity index (χ0) is 26.3. The van der Waals surface area contributed by atoms with E-state index >= 15 is 0 Å². The minimum atomic E-state index is -1.06. The normalized spacial score (nSPS) is 12.8. The molecule has 2 aromatic carbocycles. The van der Waals surface area contributed by atoms with Gasteiger partial charge in [0.05, 0.1) is 7.11 Å². The Kier molecular flexibility index (Phi) is 9.41. The van der Waals surface area contributed by atoms with E-state index in [2.05, 4.69) is 23.3 Å². The number of benzene rings is 2. The summed E-state index contributed by atoms with van der Waals surface area (Å²) in [6.45, 7) is 6.83. The quantitative estimate of drug-likeness (QED) is 0.409. The minimum absolute atomic E-state index is 0.0101. The molecule has 0 fully saturated rings. The first-order valence-electron chi connectivity index (χ1n) is 11.0. The molecule has 0 saturated carbocycles. The number of likely N-dealkylation sites (N-methyl/N-ethyl adjacent to an activating group) is 1. The monoisotopic (exact) mass is 503 g/mol. The highest BCUT2D eigenvalue weighted by molar-refractivity contribution is 7.80. The van der Waals surface area contributed by atoms with Gasteiger partial charge in [-0.3, -0.25) is 9.59 Å². The highest BCUT2D eigenvalue weighted by Crippen LogP contribution is 2.27. The molecule has 0 aliphatic rings. The molecule has 3 amide bonds. The van der Waals surface area contributed by atoms with Crippen LogP contribution in [-0.4, -0.2) is 59.5 Å². The van der Waals surface area contributed by atoms with Crippen LogP contribution in [0.4, 0.5) is 10.5 Å². The second-order valence-electron chi connectivity index (χ2n) is 9.00. The largest absolute Gasteiger partial charge is 0.508 e. The fraction of sp³-hybridized carbons (Fsp3) is 0.400. The van der Waals surface area contributed by atoms with Crippen LogP contribution in [-0.2, 0) is 14.3 Å². The summed E-state index contributed by atoms with van der Waals surface area (Å²) in [4.78, 5) is 40.2. The molecule has 2 atom stereocenters. The molecule has 0 aliphatic heterocycles. The SMILES string of the molecule is COc1ccc(NC(=O)C(c2ccc(O)c(C)c2)N(C)C(=O)C(CS)NC(=O)OC(C)(C)C)cc1. The first kappa shape index (κ1) is 27.8. The summed E-state index contributed by atoms with van der Waals surface area (Å²) in [6.07, 6.45) is -0.766. The van der Waals surface area contributed by atoms with Crippen molar-refractivity contribution >= 4 is 36.2 Å². The lowest BCUT2D eigenvalue weighted by Crippen LogP contribution is -2.52. The van der Waals surface area contributed by atoms with E-state index in [4.69, 9.17) is 9.47 Å². The summed E-state index contributed by atoms with van der Waals surface area (Å²) in [5.74, 6) is -0.329. The van der Waals surface area contributed by atoms with Crippen LogP contribution in [0, 0.1) is 6.92 Å². The van der Waals surface area contributed by atoms with E-state index in [9.17, 15) is 19.5 Å². The third kappa shape index (κ3) is 7.81. The number of phenols is 1. The molecule has 0 saturated heterocycles. The number of ether oxygens (including phenoxy) is 2. The molecule has 0 heterocycles. The molecule has 0 aromatic heterocycles. The Labute approximate surface area is 211 Å². The summed E-state index contributed by atoms with van der Waals surface area (Å²) in [5.41, 5.74) is 0.792. The van der Waals surface area contributed by atoms with E-state index in [1.54, 1.807) is 71.2 Å². The van der Waals surface area contributed by atoms with Crippen molar-refractivity contribution in [1.29, 1.82) is 0 Å². The second kappa shape index (κ2) is 11.8. The van der Waals surface area contributed by atoms with Crippen LogP contribution < -0.4 is 15.4 Å². The highest BCUT2D eigenvalue weighted by Gasteiger charge is 2.34. The van der Waals surface area contributed by atoms with E-state index in [1.807, 2.05) is 0 Å². The average molecular weight is 504 g/mol. The van der Waals surface area contributed by atoms with Crippen molar-refractivity contribution in [3.05, 3.63) is 53.6 Å². The molecule has 9 nitrogen and oxygen atoms in total. The number of carbonyl (C=O) groups is 3. The van der Waals surface area contributed by atoms with E-state index < -0.39 is 35.6 Å². The van der Waals surface area contributed by atoms with Crippen LogP contribution in [0.5, 0.6) is 11.5 Å². The predicted molar refractivity (Wildman–Crippen MR) is 137 cm³/mol. The standard InChI is InChI=1S/C25H33N3O6S/c1-15-13-16(7-12-20(15)29)21(22(30)26-17-8-10-18(33-6)11-9-17)28(5)23(31)19(14-35)27-24(32)34-25(2,3)4/h7-13,19,21,29,35H,14H2,1-6H3,(H,26,30)(H,27,32). The van der Waals surface area contributed by atoms with Crippen molar-refractivity contribution in [2.75, 3.05) is 25.2 Å². The van der Waals surface area contributed by atoms with Gasteiger partial charge in [-0.25, -0.2) is 4.79 Å². The third-order valence-electron chi connectivity index (χ3n) is 5.05. The summed E-state index contributed by atoms with van der Waals surface area (Å²) < 4.78 is 10.4. The molecule has 0 bridgehead atoms. The number of thiol groups is 1. The predicted octanol–water partition coefficient (Wildman–Crippen LogP) is 3.67. The summed E-state index contributed by atoms with van der Waals surface area (Å²) >= 11 is 4.21. The van der Waals surface area contributed by atoms with Gasteiger partial charge < -0.3 is 30.1 Å². The van der Waals surface area contributed by atoms with Gasteiger partial charge in [-0.05, 0) is 75.2 Å². The summed E-state index contributed by atoms with van der Waals surface area (Å²) in [7, 11) is 3.01. The van der Waals surface area contributed by atoms with Gasteiger partial charge in [0.15, 0.2) is 0 Å². The highest BCUT2D eigenvalue weighted by atomic mass is 32.1. The number of alkyl carbamates (subject to hydrolysis) is 1. The lowest BCUT2D eigenvalue weighted by atomic mass is 10.0. The number of methoxy groups -OCH3 is 1. The van der Waals surface area contributed by atoms with Gasteiger partial charge in [-0.1, -0.05) is 6.07 Å². The van der Waals surface area contributed by atoms with Gasteiger partial charge in [0, 0.05) is 18.5 Å². The first-order chi connectivity index (χ1) is 16.4. The van der Waals surface area contributed by atoms with Crippen molar-refractivity contribution in [3.63, 3.8) is 0 Å². The molecular weight excluding hydrogens is 470 g/mol. The number of aromatic hydroxyl groups is 1. The number of anilines is 1. The lowest BCUT2D eigenvalue weighted by Gasteiger charge is -2.31. The number of aryl methyl sites for hydroxylation is 1. The van der Waals surface area contributed by atoms with Crippen molar-refractivity contribution < 1.29 is 29.0 Å². The number of hydrogen-bond acceptors (Lipinski definition) is 7. The number of phenolic OH excluding ortho intramolecular Hbond substituents is 1. The number of nitrogens with one attached hydrogen (secondary N) is 2. The van der Waals surface area contributed by atoms with Gasteiger partial charge in [0.25, 0.3) is 5.91 Å². The lowest BCUT2D eigenvalue weighted by molar-refractivity contribution is -0.138. The average Bonchev–Trinajstić information content (AvgIpc) is 2.78. The number of hydrogen-bond donors (Lipinski definition) is 4. The Bertz CT molecular complexity index is 1050. The maximum atomic E-state index is 13.4. The van der Waals surface area contributed by atoms with E-state index in [-0.39, 0.29) is 11.5 Å². The number of nitrogens with zero attached hydrogens (tertiary/aromatic N) is 1. The van der Waals surface area contributed by atoms with E-state index in [0.29, 0.717) is 22.6 Å². The molecule has 0 radical (unpaired) electrons. The molecular formula is C25H33N3O6S. The van der Waals surface area contributed by atoms with Crippen LogP contribution in [0.3, 0.4) is 0 Å². The Morgan fingerprint density at radius 1 is 1.11 bits per heavy atom. The molecule has 0 spiro atoms. The molecule has 2 rings (SSSR count). The van der Waals surface area contributed by atoms with E-state index in [0.717, 1.165) is 0 Å². The number of amides is 3. The van der Waals surface area contributed by atoms with Gasteiger partial charge >= 0.3 is 6.09 Å². The van der Waals surface area contributed by atoms with Gasteiger partial charge in [0.2, 0.25) is 5.91 Å². The first-order valence-corrected chi connectivity index (χ1v) is 11.6. The molecule has 2 unspecified atom stereocenters. The molecule has 3 N–H and O–H groups in total. The topological polar surface area (TPSA) is 117 Å². The Morgan fingerprint density at radius 3 is 2.26 bits per heavy atom. The van der Waals surface area contributed by atoms with Crippen molar-refractivity contribution in [3.8, 4) is 11.5 Å². The maximum absolute atomic E-state index is 13.4.